The molecule has 4 nitrogen and oxygen atoms in total. The molecule has 0 spiro atoms. The molecule has 27 heavy (non-hydrogen) atoms. The van der Waals surface area contributed by atoms with Gasteiger partial charge in [-0.2, -0.15) is 0 Å². The lowest BCUT2D eigenvalue weighted by Crippen LogP contribution is -2.21. The number of carbonyl (C=O) groups is 1. The fraction of sp³-hybridized carbons (Fsp3) is 0.105. The van der Waals surface area contributed by atoms with E-state index in [9.17, 15) is 15.0 Å². The van der Waals surface area contributed by atoms with Gasteiger partial charge in [0.25, 0.3) is 0 Å². The number of ether oxygens (including phenoxy) is 1. The summed E-state index contributed by atoms with van der Waals surface area (Å²) in [4.78, 5) is 12.8. The van der Waals surface area contributed by atoms with Crippen LogP contribution in [0.15, 0.2) is 53.3 Å². The molecule has 2 aromatic rings. The molecule has 8 heteroatoms. The highest BCUT2D eigenvalue weighted by atomic mass is 79.9. The Kier molecular flexibility index (Phi) is 6.63. The number of hydrogen-bond acceptors (Lipinski definition) is 4. The first-order chi connectivity index (χ1) is 12.8. The number of aromatic hydroxyl groups is 2. The van der Waals surface area contributed by atoms with E-state index in [-0.39, 0.29) is 30.5 Å². The second-order valence-corrected chi connectivity index (χ2v) is 9.24. The molecule has 0 unspecified atom stereocenters. The standard InChI is InChI=1S/C19H12Br4O4/c20-13-3-9(4-14(21)18(13)25)1-11-7-27-8-12(17(11)24)2-10-5-15(22)19(26)16(23)6-10/h1-6,25-26H,7-8H2/b11-1+,12-2?. The molecular weight excluding hydrogens is 612 g/mol. The molecule has 1 aliphatic rings. The Labute approximate surface area is 189 Å². The molecule has 0 bridgehead atoms. The van der Waals surface area contributed by atoms with Gasteiger partial charge in [-0.15, -0.1) is 0 Å². The van der Waals surface area contributed by atoms with Crippen LogP contribution in [0.1, 0.15) is 11.1 Å². The molecule has 2 aromatic carbocycles. The molecule has 0 amide bonds. The van der Waals surface area contributed by atoms with Gasteiger partial charge < -0.3 is 14.9 Å². The lowest BCUT2D eigenvalue weighted by atomic mass is 9.98. The van der Waals surface area contributed by atoms with E-state index in [4.69, 9.17) is 4.74 Å². The van der Waals surface area contributed by atoms with E-state index in [0.29, 0.717) is 29.0 Å². The van der Waals surface area contributed by atoms with Crippen LogP contribution < -0.4 is 0 Å². The number of ketones is 1. The average Bonchev–Trinajstić information content (AvgIpc) is 2.61. The fourth-order valence-electron chi connectivity index (χ4n) is 2.56. The topological polar surface area (TPSA) is 66.8 Å². The number of halogens is 4. The van der Waals surface area contributed by atoms with Crippen molar-refractivity contribution in [2.75, 3.05) is 13.2 Å². The normalized spacial score (nSPS) is 17.7. The Morgan fingerprint density at radius 1 is 0.741 bits per heavy atom. The van der Waals surface area contributed by atoms with Gasteiger partial charge in [0.05, 0.1) is 31.1 Å². The third kappa shape index (κ3) is 4.74. The van der Waals surface area contributed by atoms with Gasteiger partial charge in [0.2, 0.25) is 0 Å². The van der Waals surface area contributed by atoms with E-state index in [0.717, 1.165) is 11.1 Å². The third-order valence-electron chi connectivity index (χ3n) is 3.86. The number of carbonyl (C=O) groups excluding carboxylic acids is 1. The number of rotatable bonds is 2. The summed E-state index contributed by atoms with van der Waals surface area (Å²) in [5.74, 6) is 0.113. The largest absolute Gasteiger partial charge is 0.506 e. The van der Waals surface area contributed by atoms with Crippen molar-refractivity contribution in [3.63, 3.8) is 0 Å². The van der Waals surface area contributed by atoms with Crippen molar-refractivity contribution in [3.05, 3.63) is 64.4 Å². The zero-order valence-corrected chi connectivity index (χ0v) is 19.9. The number of benzene rings is 2. The Bertz CT molecular complexity index is 872. The van der Waals surface area contributed by atoms with Crippen LogP contribution in [0.2, 0.25) is 0 Å². The van der Waals surface area contributed by atoms with Crippen LogP contribution in [0, 0.1) is 0 Å². The lowest BCUT2D eigenvalue weighted by molar-refractivity contribution is -0.114. The first-order valence-electron chi connectivity index (χ1n) is 7.66. The molecule has 0 aliphatic carbocycles. The van der Waals surface area contributed by atoms with E-state index in [1.807, 2.05) is 0 Å². The molecule has 1 saturated heterocycles. The smallest absolute Gasteiger partial charge is 0.189 e. The molecular formula is C19H12Br4O4. The Morgan fingerprint density at radius 3 is 1.41 bits per heavy atom. The Hall–Kier alpha value is -0.930. The molecule has 2 N–H and O–H groups in total. The molecule has 0 aromatic heterocycles. The molecule has 1 fully saturated rings. The minimum Gasteiger partial charge on any atom is -0.506 e. The van der Waals surface area contributed by atoms with Crippen LogP contribution in [0.25, 0.3) is 12.2 Å². The van der Waals surface area contributed by atoms with Crippen molar-refractivity contribution in [3.8, 4) is 11.5 Å². The summed E-state index contributed by atoms with van der Waals surface area (Å²) < 4.78 is 7.70. The predicted octanol–water partition coefficient (Wildman–Crippen LogP) is 6.21. The van der Waals surface area contributed by atoms with Gasteiger partial charge in [0.1, 0.15) is 11.5 Å². The Morgan fingerprint density at radius 2 is 1.07 bits per heavy atom. The van der Waals surface area contributed by atoms with E-state index in [1.54, 1.807) is 36.4 Å². The quantitative estimate of drug-likeness (QED) is 0.391. The van der Waals surface area contributed by atoms with Gasteiger partial charge in [-0.05, 0) is 111 Å². The second kappa shape index (κ2) is 8.61. The van der Waals surface area contributed by atoms with Gasteiger partial charge in [-0.3, -0.25) is 4.79 Å². The van der Waals surface area contributed by atoms with Crippen LogP contribution in [0.4, 0.5) is 0 Å². The summed E-state index contributed by atoms with van der Waals surface area (Å²) in [5.41, 5.74) is 2.56. The monoisotopic (exact) mass is 620 g/mol. The van der Waals surface area contributed by atoms with Crippen LogP contribution >= 0.6 is 63.7 Å². The summed E-state index contributed by atoms with van der Waals surface area (Å²) in [6.07, 6.45) is 3.49. The maximum atomic E-state index is 12.8. The minimum atomic E-state index is -0.0955. The van der Waals surface area contributed by atoms with Crippen LogP contribution in [0.3, 0.4) is 0 Å². The lowest BCUT2D eigenvalue weighted by Gasteiger charge is -2.18. The molecule has 1 heterocycles. The summed E-state index contributed by atoms with van der Waals surface area (Å²) in [5, 5.41) is 19.6. The molecule has 3 rings (SSSR count). The van der Waals surface area contributed by atoms with Crippen molar-refractivity contribution < 1.29 is 19.7 Å². The van der Waals surface area contributed by atoms with Crippen molar-refractivity contribution in [1.82, 2.24) is 0 Å². The highest BCUT2D eigenvalue weighted by molar-refractivity contribution is 9.11. The molecule has 140 valence electrons. The number of phenolic OH excluding ortho intramolecular Hbond substituents is 2. The molecule has 1 aliphatic heterocycles. The number of phenols is 2. The second-order valence-electron chi connectivity index (χ2n) is 5.83. The number of hydrogen-bond donors (Lipinski definition) is 2. The van der Waals surface area contributed by atoms with Crippen molar-refractivity contribution in [2.45, 2.75) is 0 Å². The van der Waals surface area contributed by atoms with Crippen molar-refractivity contribution in [1.29, 1.82) is 0 Å². The zero-order valence-electron chi connectivity index (χ0n) is 13.6. The predicted molar refractivity (Wildman–Crippen MR) is 119 cm³/mol. The van der Waals surface area contributed by atoms with Crippen LogP contribution in [-0.4, -0.2) is 29.2 Å². The summed E-state index contributed by atoms with van der Waals surface area (Å²) >= 11 is 13.1. The molecule has 0 atom stereocenters. The van der Waals surface area contributed by atoms with E-state index in [2.05, 4.69) is 63.7 Å². The van der Waals surface area contributed by atoms with Crippen molar-refractivity contribution >= 4 is 81.7 Å². The highest BCUT2D eigenvalue weighted by Crippen LogP contribution is 2.35. The number of Topliss-reactive ketones (excluding diaryl/α,β-unsaturated/α-hetero) is 1. The van der Waals surface area contributed by atoms with Gasteiger partial charge in [0.15, 0.2) is 5.78 Å². The molecule has 0 radical (unpaired) electrons. The van der Waals surface area contributed by atoms with Crippen LogP contribution in [0.5, 0.6) is 11.5 Å². The highest BCUT2D eigenvalue weighted by Gasteiger charge is 2.22. The maximum Gasteiger partial charge on any atom is 0.189 e. The van der Waals surface area contributed by atoms with E-state index < -0.39 is 0 Å². The molecule has 0 saturated carbocycles. The summed E-state index contributed by atoms with van der Waals surface area (Å²) in [6, 6.07) is 6.91. The minimum absolute atomic E-state index is 0.0955. The fourth-order valence-corrected chi connectivity index (χ4v) is 5.01. The van der Waals surface area contributed by atoms with E-state index >= 15 is 0 Å². The summed E-state index contributed by atoms with van der Waals surface area (Å²) in [7, 11) is 0. The van der Waals surface area contributed by atoms with Gasteiger partial charge in [-0.1, -0.05) is 0 Å². The SMILES string of the molecule is O=C1C(=Cc2cc(Br)c(O)c(Br)c2)COC/C1=C\c1cc(Br)c(O)c(Br)c1. The first kappa shape index (κ1) is 20.8. The van der Waals surface area contributed by atoms with Gasteiger partial charge >= 0.3 is 0 Å². The first-order valence-corrected chi connectivity index (χ1v) is 10.8. The summed E-state index contributed by atoms with van der Waals surface area (Å²) in [6.45, 7) is 0.435. The Balaban J connectivity index is 1.94. The average molecular weight is 624 g/mol. The zero-order chi connectivity index (χ0) is 19.7. The van der Waals surface area contributed by atoms with Crippen LogP contribution in [-0.2, 0) is 9.53 Å². The van der Waals surface area contributed by atoms with Gasteiger partial charge in [-0.25, -0.2) is 0 Å². The van der Waals surface area contributed by atoms with Crippen molar-refractivity contribution in [2.24, 2.45) is 0 Å². The maximum absolute atomic E-state index is 12.8. The van der Waals surface area contributed by atoms with Gasteiger partial charge in [0, 0.05) is 11.1 Å². The third-order valence-corrected chi connectivity index (χ3v) is 6.28. The van der Waals surface area contributed by atoms with E-state index in [1.165, 1.54) is 0 Å².